The highest BCUT2D eigenvalue weighted by atomic mass is 16.1. The number of nitrogens with one attached hydrogen (secondary N) is 1. The molecule has 0 unspecified atom stereocenters. The Kier molecular flexibility index (Phi) is 7.05. The average molecular weight is 365 g/mol. The third-order valence-corrected chi connectivity index (χ3v) is 5.58. The molecule has 1 atom stereocenters. The number of nitrogens with zero attached hydrogens (tertiary/aromatic N) is 1. The highest BCUT2D eigenvalue weighted by molar-refractivity contribution is 5.79. The summed E-state index contributed by atoms with van der Waals surface area (Å²) in [7, 11) is 0. The molecule has 0 radical (unpaired) electrons. The van der Waals surface area contributed by atoms with Crippen molar-refractivity contribution in [3.05, 3.63) is 71.3 Å². The van der Waals surface area contributed by atoms with Crippen LogP contribution in [0.25, 0.3) is 0 Å². The van der Waals surface area contributed by atoms with E-state index in [0.717, 1.165) is 45.3 Å². The number of amides is 1. The molecule has 1 saturated heterocycles. The minimum atomic E-state index is 0.165. The molecule has 3 rings (SSSR count). The normalized spacial score (nSPS) is 16.8. The summed E-state index contributed by atoms with van der Waals surface area (Å²) in [6.45, 7) is 7.24. The molecule has 27 heavy (non-hydrogen) atoms. The minimum Gasteiger partial charge on any atom is -0.353 e. The van der Waals surface area contributed by atoms with Gasteiger partial charge in [-0.1, -0.05) is 60.2 Å². The molecule has 1 amide bonds. The zero-order valence-electron chi connectivity index (χ0n) is 16.7. The summed E-state index contributed by atoms with van der Waals surface area (Å²) in [4.78, 5) is 15.1. The Hall–Kier alpha value is -2.13. The van der Waals surface area contributed by atoms with Gasteiger partial charge in [-0.25, -0.2) is 0 Å². The van der Waals surface area contributed by atoms with E-state index in [-0.39, 0.29) is 17.9 Å². The van der Waals surface area contributed by atoms with Crippen molar-refractivity contribution in [1.29, 1.82) is 0 Å². The molecule has 0 saturated carbocycles. The number of carbonyl (C=O) groups excluding carboxylic acids is 1. The van der Waals surface area contributed by atoms with Crippen LogP contribution in [0.15, 0.2) is 54.6 Å². The van der Waals surface area contributed by atoms with Gasteiger partial charge in [0.2, 0.25) is 5.91 Å². The van der Waals surface area contributed by atoms with Gasteiger partial charge < -0.3 is 5.32 Å². The Bertz CT molecular complexity index is 703. The van der Waals surface area contributed by atoms with Crippen LogP contribution in [0.3, 0.4) is 0 Å². The predicted octanol–water partition coefficient (Wildman–Crippen LogP) is 4.34. The van der Waals surface area contributed by atoms with Crippen LogP contribution in [0.4, 0.5) is 0 Å². The zero-order chi connectivity index (χ0) is 19.1. The summed E-state index contributed by atoms with van der Waals surface area (Å²) in [5, 5.41) is 3.23. The Balaban J connectivity index is 1.38. The van der Waals surface area contributed by atoms with Crippen LogP contribution in [-0.4, -0.2) is 29.9 Å². The van der Waals surface area contributed by atoms with E-state index in [1.807, 2.05) is 6.07 Å². The number of aryl methyl sites for hydroxylation is 2. The zero-order valence-corrected chi connectivity index (χ0v) is 16.7. The molecule has 144 valence electrons. The van der Waals surface area contributed by atoms with Gasteiger partial charge in [-0.2, -0.15) is 0 Å². The Labute approximate surface area is 163 Å². The van der Waals surface area contributed by atoms with Gasteiger partial charge in [0, 0.05) is 18.5 Å². The maximum Gasteiger partial charge on any atom is 0.223 e. The maximum atomic E-state index is 12.6. The molecule has 1 heterocycles. The van der Waals surface area contributed by atoms with Crippen molar-refractivity contribution in [2.24, 2.45) is 5.92 Å². The number of hydrogen-bond donors (Lipinski definition) is 1. The molecule has 1 fully saturated rings. The summed E-state index contributed by atoms with van der Waals surface area (Å²) in [6, 6.07) is 19.5. The van der Waals surface area contributed by atoms with Crippen molar-refractivity contribution >= 4 is 5.91 Å². The van der Waals surface area contributed by atoms with Gasteiger partial charge in [-0.15, -0.1) is 0 Å². The smallest absolute Gasteiger partial charge is 0.223 e. The first-order chi connectivity index (χ1) is 13.1. The fourth-order valence-corrected chi connectivity index (χ4v) is 3.77. The molecule has 3 heteroatoms. The highest BCUT2D eigenvalue weighted by Gasteiger charge is 2.25. The van der Waals surface area contributed by atoms with E-state index in [1.165, 1.54) is 16.7 Å². The van der Waals surface area contributed by atoms with Crippen molar-refractivity contribution in [2.45, 2.75) is 52.1 Å². The maximum absolute atomic E-state index is 12.6. The van der Waals surface area contributed by atoms with Crippen molar-refractivity contribution in [3.63, 3.8) is 0 Å². The van der Waals surface area contributed by atoms with Gasteiger partial charge in [0.25, 0.3) is 0 Å². The molecule has 1 aliphatic rings. The summed E-state index contributed by atoms with van der Waals surface area (Å²) in [5.41, 5.74) is 4.00. The van der Waals surface area contributed by atoms with E-state index in [9.17, 15) is 4.79 Å². The van der Waals surface area contributed by atoms with Crippen LogP contribution in [0.5, 0.6) is 0 Å². The van der Waals surface area contributed by atoms with Crippen molar-refractivity contribution < 1.29 is 4.79 Å². The topological polar surface area (TPSA) is 32.3 Å². The van der Waals surface area contributed by atoms with Gasteiger partial charge >= 0.3 is 0 Å². The van der Waals surface area contributed by atoms with Crippen LogP contribution in [0.1, 0.15) is 42.9 Å². The number of piperidine rings is 1. The van der Waals surface area contributed by atoms with Gasteiger partial charge in [-0.3, -0.25) is 9.69 Å². The standard InChI is InChI=1S/C24H32N2O/c1-19-8-11-22(12-9-19)18-26-16-14-23(15-17-26)24(27)25-20(2)10-13-21-6-4-3-5-7-21/h3-9,11-12,20,23H,10,13-18H2,1-2H3,(H,25,27)/t20-/m0/s1. The number of benzene rings is 2. The van der Waals surface area contributed by atoms with Gasteiger partial charge in [-0.05, 0) is 63.7 Å². The Morgan fingerprint density at radius 3 is 2.37 bits per heavy atom. The van der Waals surface area contributed by atoms with Gasteiger partial charge in [0.1, 0.15) is 0 Å². The summed E-state index contributed by atoms with van der Waals surface area (Å²) < 4.78 is 0. The molecule has 2 aromatic rings. The predicted molar refractivity (Wildman–Crippen MR) is 112 cm³/mol. The molecule has 2 aromatic carbocycles. The number of carbonyl (C=O) groups is 1. The fourth-order valence-electron chi connectivity index (χ4n) is 3.77. The third-order valence-electron chi connectivity index (χ3n) is 5.58. The molecule has 0 aliphatic carbocycles. The van der Waals surface area contributed by atoms with Crippen molar-refractivity contribution in [2.75, 3.05) is 13.1 Å². The Morgan fingerprint density at radius 1 is 1.04 bits per heavy atom. The molecular weight excluding hydrogens is 332 g/mol. The van der Waals surface area contributed by atoms with E-state index < -0.39 is 0 Å². The van der Waals surface area contributed by atoms with E-state index in [2.05, 4.69) is 72.6 Å². The number of rotatable bonds is 7. The lowest BCUT2D eigenvalue weighted by molar-refractivity contribution is -0.127. The van der Waals surface area contributed by atoms with E-state index in [4.69, 9.17) is 0 Å². The highest BCUT2D eigenvalue weighted by Crippen LogP contribution is 2.20. The van der Waals surface area contributed by atoms with Gasteiger partial charge in [0.05, 0.1) is 0 Å². The lowest BCUT2D eigenvalue weighted by Gasteiger charge is -2.32. The van der Waals surface area contributed by atoms with E-state index >= 15 is 0 Å². The lowest BCUT2D eigenvalue weighted by Crippen LogP contribution is -2.43. The molecule has 1 aliphatic heterocycles. The van der Waals surface area contributed by atoms with Crippen LogP contribution < -0.4 is 5.32 Å². The second kappa shape index (κ2) is 9.70. The molecule has 0 aromatic heterocycles. The summed E-state index contributed by atoms with van der Waals surface area (Å²) >= 11 is 0. The minimum absolute atomic E-state index is 0.165. The van der Waals surface area contributed by atoms with Crippen molar-refractivity contribution in [3.8, 4) is 0 Å². The summed E-state index contributed by atoms with van der Waals surface area (Å²) in [5.74, 6) is 0.406. The largest absolute Gasteiger partial charge is 0.353 e. The van der Waals surface area contributed by atoms with E-state index in [0.29, 0.717) is 0 Å². The summed E-state index contributed by atoms with van der Waals surface area (Å²) in [6.07, 6.45) is 3.92. The second-order valence-corrected chi connectivity index (χ2v) is 7.97. The SMILES string of the molecule is Cc1ccc(CN2CCC(C(=O)N[C@@H](C)CCc3ccccc3)CC2)cc1. The fraction of sp³-hybridized carbons (Fsp3) is 0.458. The number of hydrogen-bond acceptors (Lipinski definition) is 2. The van der Waals surface area contributed by atoms with Crippen molar-refractivity contribution in [1.82, 2.24) is 10.2 Å². The van der Waals surface area contributed by atoms with Crippen LogP contribution in [0.2, 0.25) is 0 Å². The monoisotopic (exact) mass is 364 g/mol. The first kappa shape index (κ1) is 19.6. The molecule has 0 spiro atoms. The first-order valence-corrected chi connectivity index (χ1v) is 10.2. The lowest BCUT2D eigenvalue weighted by atomic mass is 9.95. The Morgan fingerprint density at radius 2 is 1.70 bits per heavy atom. The quantitative estimate of drug-likeness (QED) is 0.792. The number of likely N-dealkylation sites (tertiary alicyclic amines) is 1. The van der Waals surface area contributed by atoms with Crippen LogP contribution in [0, 0.1) is 12.8 Å². The molecule has 3 nitrogen and oxygen atoms in total. The van der Waals surface area contributed by atoms with Crippen LogP contribution in [-0.2, 0) is 17.8 Å². The molecule has 1 N–H and O–H groups in total. The van der Waals surface area contributed by atoms with E-state index in [1.54, 1.807) is 0 Å². The second-order valence-electron chi connectivity index (χ2n) is 7.97. The molecular formula is C24H32N2O. The van der Waals surface area contributed by atoms with Crippen LogP contribution >= 0.6 is 0 Å². The third kappa shape index (κ3) is 6.21. The first-order valence-electron chi connectivity index (χ1n) is 10.2. The molecule has 0 bridgehead atoms. The average Bonchev–Trinajstić information content (AvgIpc) is 2.69. The van der Waals surface area contributed by atoms with Gasteiger partial charge in [0.15, 0.2) is 0 Å².